The van der Waals surface area contributed by atoms with Crippen LogP contribution in [0.5, 0.6) is 5.75 Å². The molecule has 31 heavy (non-hydrogen) atoms. The highest BCUT2D eigenvalue weighted by atomic mass is 79.9. The molecular weight excluding hydrogens is 465 g/mol. The molecule has 5 rings (SSSR count). The number of aromatic nitrogens is 3. The predicted octanol–water partition coefficient (Wildman–Crippen LogP) is 4.32. The van der Waals surface area contributed by atoms with Gasteiger partial charge in [0.1, 0.15) is 24.0 Å². The van der Waals surface area contributed by atoms with Crippen molar-refractivity contribution in [3.05, 3.63) is 59.2 Å². The number of halogens is 2. The molecule has 1 atom stereocenters. The highest BCUT2D eigenvalue weighted by Gasteiger charge is 2.41. The molecule has 0 aliphatic carbocycles. The Bertz CT molecular complexity index is 1300. The Hall–Kier alpha value is -2.88. The number of benzene rings is 2. The van der Waals surface area contributed by atoms with Gasteiger partial charge in [-0.1, -0.05) is 15.9 Å². The van der Waals surface area contributed by atoms with Crippen molar-refractivity contribution < 1.29 is 13.9 Å². The van der Waals surface area contributed by atoms with Crippen LogP contribution in [0.15, 0.2) is 53.4 Å². The summed E-state index contributed by atoms with van der Waals surface area (Å²) >= 11 is 3.50. The van der Waals surface area contributed by atoms with E-state index in [1.54, 1.807) is 30.5 Å². The smallest absolute Gasteiger partial charge is 0.156 e. The fourth-order valence-corrected chi connectivity index (χ4v) is 3.95. The SMILES string of the molecule is CC(Oc1cc(Br)cc2ncnc(Nc3ccc4ncccc4c3F)c12)C1(N)COC1. The van der Waals surface area contributed by atoms with Crippen LogP contribution in [0, 0.1) is 5.82 Å². The molecular formula is C22H19BrFN5O2. The Kier molecular flexibility index (Phi) is 4.96. The van der Waals surface area contributed by atoms with E-state index in [-0.39, 0.29) is 11.8 Å². The number of anilines is 2. The minimum absolute atomic E-state index is 0.283. The van der Waals surface area contributed by atoms with Gasteiger partial charge in [0.05, 0.1) is 40.9 Å². The van der Waals surface area contributed by atoms with E-state index in [0.29, 0.717) is 46.6 Å². The largest absolute Gasteiger partial charge is 0.488 e. The van der Waals surface area contributed by atoms with Gasteiger partial charge in [0.15, 0.2) is 5.82 Å². The lowest BCUT2D eigenvalue weighted by molar-refractivity contribution is -0.0986. The Morgan fingerprint density at radius 2 is 2.03 bits per heavy atom. The summed E-state index contributed by atoms with van der Waals surface area (Å²) in [5.74, 6) is 0.565. The van der Waals surface area contributed by atoms with Crippen LogP contribution in [0.25, 0.3) is 21.8 Å². The molecule has 1 fully saturated rings. The molecule has 9 heteroatoms. The number of rotatable bonds is 5. The molecule has 0 saturated carbocycles. The van der Waals surface area contributed by atoms with Crippen molar-refractivity contribution in [3.8, 4) is 5.75 Å². The van der Waals surface area contributed by atoms with Crippen molar-refractivity contribution in [1.29, 1.82) is 0 Å². The summed E-state index contributed by atoms with van der Waals surface area (Å²) in [5, 5.41) is 4.16. The van der Waals surface area contributed by atoms with E-state index in [1.807, 2.05) is 19.1 Å². The van der Waals surface area contributed by atoms with Crippen LogP contribution in [0.1, 0.15) is 6.92 Å². The van der Waals surface area contributed by atoms with Gasteiger partial charge in [-0.05, 0) is 43.3 Å². The summed E-state index contributed by atoms with van der Waals surface area (Å²) in [6.45, 7) is 2.76. The summed E-state index contributed by atoms with van der Waals surface area (Å²) in [4.78, 5) is 12.9. The molecule has 2 aromatic heterocycles. The Morgan fingerprint density at radius 1 is 1.19 bits per heavy atom. The van der Waals surface area contributed by atoms with Gasteiger partial charge in [0.2, 0.25) is 0 Å². The van der Waals surface area contributed by atoms with Gasteiger partial charge in [-0.15, -0.1) is 0 Å². The van der Waals surface area contributed by atoms with Gasteiger partial charge >= 0.3 is 0 Å². The number of pyridine rings is 1. The van der Waals surface area contributed by atoms with E-state index in [9.17, 15) is 0 Å². The second-order valence-electron chi connectivity index (χ2n) is 7.63. The minimum atomic E-state index is -0.560. The van der Waals surface area contributed by atoms with Gasteiger partial charge in [-0.3, -0.25) is 4.98 Å². The molecule has 1 aliphatic heterocycles. The molecule has 7 nitrogen and oxygen atoms in total. The lowest BCUT2D eigenvalue weighted by Gasteiger charge is -2.42. The van der Waals surface area contributed by atoms with Gasteiger partial charge in [-0.2, -0.15) is 0 Å². The fraction of sp³-hybridized carbons (Fsp3) is 0.227. The van der Waals surface area contributed by atoms with Crippen LogP contribution in [-0.2, 0) is 4.74 Å². The molecule has 3 N–H and O–H groups in total. The number of nitrogens with zero attached hydrogens (tertiary/aromatic N) is 3. The van der Waals surface area contributed by atoms with E-state index < -0.39 is 11.4 Å². The zero-order valence-electron chi connectivity index (χ0n) is 16.6. The molecule has 0 radical (unpaired) electrons. The zero-order valence-corrected chi connectivity index (χ0v) is 18.2. The maximum Gasteiger partial charge on any atom is 0.156 e. The molecule has 1 saturated heterocycles. The average molecular weight is 484 g/mol. The minimum Gasteiger partial charge on any atom is -0.488 e. The topological polar surface area (TPSA) is 95.2 Å². The number of nitrogens with two attached hydrogens (primary N) is 1. The quantitative estimate of drug-likeness (QED) is 0.436. The number of hydrogen-bond donors (Lipinski definition) is 2. The van der Waals surface area contributed by atoms with Crippen molar-refractivity contribution in [2.75, 3.05) is 18.5 Å². The van der Waals surface area contributed by atoms with Crippen molar-refractivity contribution in [3.63, 3.8) is 0 Å². The normalized spacial score (nSPS) is 16.1. The molecule has 3 heterocycles. The molecule has 1 unspecified atom stereocenters. The number of fused-ring (bicyclic) bond motifs is 2. The van der Waals surface area contributed by atoms with Crippen LogP contribution in [-0.4, -0.2) is 39.8 Å². The summed E-state index contributed by atoms with van der Waals surface area (Å²) < 4.78 is 27.4. The molecule has 0 bridgehead atoms. The first-order valence-electron chi connectivity index (χ1n) is 9.72. The van der Waals surface area contributed by atoms with Crippen LogP contribution < -0.4 is 15.8 Å². The van der Waals surface area contributed by atoms with Crippen molar-refractivity contribution >= 4 is 49.2 Å². The third-order valence-electron chi connectivity index (χ3n) is 5.49. The van der Waals surface area contributed by atoms with Crippen LogP contribution >= 0.6 is 15.9 Å². The fourth-order valence-electron chi connectivity index (χ4n) is 3.53. The van der Waals surface area contributed by atoms with Gasteiger partial charge in [0.25, 0.3) is 0 Å². The third-order valence-corrected chi connectivity index (χ3v) is 5.95. The number of nitrogens with one attached hydrogen (secondary N) is 1. The Labute approximate surface area is 185 Å². The third kappa shape index (κ3) is 3.58. The van der Waals surface area contributed by atoms with E-state index in [1.165, 1.54) is 6.33 Å². The maximum atomic E-state index is 15.1. The standard InChI is InChI=1S/C22H19BrFN5O2/c1-12(22(25)9-30-10-22)31-18-8-13(23)7-17-19(18)21(28-11-27-17)29-16-5-4-15-14(20(16)24)3-2-6-26-15/h2-8,11-12H,9-10,25H2,1H3,(H,27,28,29). The molecule has 0 amide bonds. The first-order chi connectivity index (χ1) is 14.9. The molecule has 158 valence electrons. The number of hydrogen-bond acceptors (Lipinski definition) is 7. The zero-order chi connectivity index (χ0) is 21.6. The summed E-state index contributed by atoms with van der Waals surface area (Å²) in [7, 11) is 0. The molecule has 4 aromatic rings. The maximum absolute atomic E-state index is 15.1. The van der Waals surface area contributed by atoms with E-state index >= 15 is 4.39 Å². The second kappa shape index (κ2) is 7.67. The summed E-state index contributed by atoms with van der Waals surface area (Å²) in [6.07, 6.45) is 2.75. The van der Waals surface area contributed by atoms with Crippen molar-refractivity contribution in [1.82, 2.24) is 15.0 Å². The highest BCUT2D eigenvalue weighted by Crippen LogP contribution is 2.37. The van der Waals surface area contributed by atoms with Crippen molar-refractivity contribution in [2.24, 2.45) is 5.73 Å². The summed E-state index contributed by atoms with van der Waals surface area (Å²) in [6, 6.07) is 10.5. The lowest BCUT2D eigenvalue weighted by Crippen LogP contribution is -2.65. The van der Waals surface area contributed by atoms with E-state index in [2.05, 4.69) is 36.2 Å². The summed E-state index contributed by atoms with van der Waals surface area (Å²) in [5.41, 5.74) is 7.29. The van der Waals surface area contributed by atoms with Crippen LogP contribution in [0.3, 0.4) is 0 Å². The van der Waals surface area contributed by atoms with E-state index in [0.717, 1.165) is 4.47 Å². The van der Waals surface area contributed by atoms with Crippen LogP contribution in [0.2, 0.25) is 0 Å². The van der Waals surface area contributed by atoms with Gasteiger partial charge in [0, 0.05) is 16.1 Å². The van der Waals surface area contributed by atoms with Crippen molar-refractivity contribution in [2.45, 2.75) is 18.6 Å². The molecule has 2 aromatic carbocycles. The number of ether oxygens (including phenoxy) is 2. The monoisotopic (exact) mass is 483 g/mol. The van der Waals surface area contributed by atoms with Gasteiger partial charge < -0.3 is 20.5 Å². The van der Waals surface area contributed by atoms with E-state index in [4.69, 9.17) is 15.2 Å². The first kappa shape index (κ1) is 20.0. The lowest BCUT2D eigenvalue weighted by atomic mass is 9.92. The predicted molar refractivity (Wildman–Crippen MR) is 120 cm³/mol. The Balaban J connectivity index is 1.58. The highest BCUT2D eigenvalue weighted by molar-refractivity contribution is 9.10. The molecule has 1 aliphatic rings. The van der Waals surface area contributed by atoms with Gasteiger partial charge in [-0.25, -0.2) is 14.4 Å². The second-order valence-corrected chi connectivity index (χ2v) is 8.54. The molecule has 0 spiro atoms. The Morgan fingerprint density at radius 3 is 2.81 bits per heavy atom. The van der Waals surface area contributed by atoms with Crippen LogP contribution in [0.4, 0.5) is 15.9 Å². The average Bonchev–Trinajstić information content (AvgIpc) is 2.74. The first-order valence-corrected chi connectivity index (χ1v) is 10.5.